The Kier molecular flexibility index (Phi) is 4.84. The van der Waals surface area contributed by atoms with Gasteiger partial charge in [-0.3, -0.25) is 0 Å². The Balaban J connectivity index is 2.34. The molecule has 2 rings (SSSR count). The van der Waals surface area contributed by atoms with E-state index in [0.717, 1.165) is 15.6 Å². The molecule has 0 spiro atoms. The van der Waals surface area contributed by atoms with Crippen molar-refractivity contribution in [2.75, 3.05) is 0 Å². The summed E-state index contributed by atoms with van der Waals surface area (Å²) in [6.07, 6.45) is 0. The van der Waals surface area contributed by atoms with Gasteiger partial charge in [0.05, 0.1) is 10.4 Å². The lowest BCUT2D eigenvalue weighted by Crippen LogP contribution is -2.10. The Morgan fingerprint density at radius 1 is 1.00 bits per heavy atom. The van der Waals surface area contributed by atoms with Crippen molar-refractivity contribution in [2.24, 2.45) is 0 Å². The third-order valence-electron chi connectivity index (χ3n) is 3.32. The smallest absolute Gasteiger partial charge is 0.0850 e. The molecule has 20 heavy (non-hydrogen) atoms. The van der Waals surface area contributed by atoms with Gasteiger partial charge in [-0.2, -0.15) is 0 Å². The van der Waals surface area contributed by atoms with Crippen molar-refractivity contribution >= 4 is 39.1 Å². The highest BCUT2D eigenvalue weighted by atomic mass is 79.9. The molecule has 0 aromatic heterocycles. The van der Waals surface area contributed by atoms with Gasteiger partial charge in [0.25, 0.3) is 0 Å². The van der Waals surface area contributed by atoms with E-state index in [9.17, 15) is 0 Å². The number of hydrogen-bond acceptors (Lipinski definition) is 0. The molecule has 3 heteroatoms. The Labute approximate surface area is 139 Å². The predicted octanol–water partition coefficient (Wildman–Crippen LogP) is 6.73. The third-order valence-corrected chi connectivity index (χ3v) is 5.12. The van der Waals surface area contributed by atoms with Crippen LogP contribution in [0.5, 0.6) is 0 Å². The summed E-state index contributed by atoms with van der Waals surface area (Å²) >= 11 is 16.3. The molecular formula is C17H17BrCl2. The summed E-state index contributed by atoms with van der Waals surface area (Å²) in [6, 6.07) is 14.3. The van der Waals surface area contributed by atoms with Gasteiger partial charge in [0.1, 0.15) is 0 Å². The van der Waals surface area contributed by atoms with E-state index in [1.807, 2.05) is 18.2 Å². The second-order valence-electron chi connectivity index (χ2n) is 5.88. The van der Waals surface area contributed by atoms with E-state index in [-0.39, 0.29) is 10.8 Å². The molecule has 0 saturated heterocycles. The van der Waals surface area contributed by atoms with Crippen molar-refractivity contribution in [3.05, 3.63) is 68.7 Å². The lowest BCUT2D eigenvalue weighted by molar-refractivity contribution is 0.590. The maximum absolute atomic E-state index is 6.57. The van der Waals surface area contributed by atoms with Crippen LogP contribution in [0.2, 0.25) is 5.02 Å². The molecule has 0 aliphatic carbocycles. The quantitative estimate of drug-likeness (QED) is 0.513. The van der Waals surface area contributed by atoms with Crippen molar-refractivity contribution in [3.8, 4) is 0 Å². The second kappa shape index (κ2) is 6.09. The molecule has 0 aliphatic heterocycles. The molecule has 106 valence electrons. The molecule has 0 bridgehead atoms. The molecule has 2 aromatic carbocycles. The molecule has 0 fully saturated rings. The van der Waals surface area contributed by atoms with Gasteiger partial charge in [0.2, 0.25) is 0 Å². The molecule has 0 N–H and O–H groups in total. The fourth-order valence-corrected chi connectivity index (χ4v) is 3.05. The molecule has 0 heterocycles. The monoisotopic (exact) mass is 370 g/mol. The highest BCUT2D eigenvalue weighted by molar-refractivity contribution is 9.10. The molecule has 1 atom stereocenters. The van der Waals surface area contributed by atoms with Crippen molar-refractivity contribution in [3.63, 3.8) is 0 Å². The first-order valence-corrected chi connectivity index (χ1v) is 8.10. The zero-order chi connectivity index (χ0) is 14.9. The van der Waals surface area contributed by atoms with Crippen LogP contribution in [0.1, 0.15) is 42.8 Å². The van der Waals surface area contributed by atoms with Gasteiger partial charge in [0.15, 0.2) is 0 Å². The number of alkyl halides is 1. The Morgan fingerprint density at radius 2 is 1.60 bits per heavy atom. The van der Waals surface area contributed by atoms with Gasteiger partial charge in [-0.1, -0.05) is 68.8 Å². The highest BCUT2D eigenvalue weighted by Gasteiger charge is 2.17. The first kappa shape index (κ1) is 15.9. The lowest BCUT2D eigenvalue weighted by atomic mass is 9.86. The Hall–Kier alpha value is -0.500. The zero-order valence-corrected chi connectivity index (χ0v) is 14.9. The van der Waals surface area contributed by atoms with Gasteiger partial charge in [-0.15, -0.1) is 11.6 Å². The van der Waals surface area contributed by atoms with Gasteiger partial charge in [-0.05, 0) is 44.1 Å². The first-order valence-electron chi connectivity index (χ1n) is 6.49. The average molecular weight is 372 g/mol. The summed E-state index contributed by atoms with van der Waals surface area (Å²) in [7, 11) is 0. The lowest BCUT2D eigenvalue weighted by Gasteiger charge is -2.20. The number of rotatable bonds is 2. The molecule has 0 aliphatic rings. The minimum Gasteiger partial charge on any atom is -0.113 e. The molecular weight excluding hydrogens is 355 g/mol. The van der Waals surface area contributed by atoms with Crippen LogP contribution in [0.15, 0.2) is 46.9 Å². The fourth-order valence-electron chi connectivity index (χ4n) is 2.05. The van der Waals surface area contributed by atoms with Crippen LogP contribution in [0.3, 0.4) is 0 Å². The van der Waals surface area contributed by atoms with Crippen LogP contribution in [-0.2, 0) is 5.41 Å². The van der Waals surface area contributed by atoms with Crippen LogP contribution < -0.4 is 0 Å². The first-order chi connectivity index (χ1) is 9.30. The normalized spacial score (nSPS) is 13.3. The maximum atomic E-state index is 6.57. The number of benzene rings is 2. The average Bonchev–Trinajstić information content (AvgIpc) is 2.40. The summed E-state index contributed by atoms with van der Waals surface area (Å²) in [6.45, 7) is 6.60. The number of halogens is 3. The third kappa shape index (κ3) is 3.39. The molecule has 1 unspecified atom stereocenters. The topological polar surface area (TPSA) is 0 Å². The van der Waals surface area contributed by atoms with Gasteiger partial charge in [0, 0.05) is 4.47 Å². The van der Waals surface area contributed by atoms with Crippen molar-refractivity contribution < 1.29 is 0 Å². The molecule has 0 radical (unpaired) electrons. The van der Waals surface area contributed by atoms with E-state index in [1.165, 1.54) is 5.56 Å². The second-order valence-corrected chi connectivity index (χ2v) is 7.55. The minimum atomic E-state index is -0.242. The summed E-state index contributed by atoms with van der Waals surface area (Å²) in [5, 5.41) is 0.432. The van der Waals surface area contributed by atoms with Gasteiger partial charge >= 0.3 is 0 Å². The highest BCUT2D eigenvalue weighted by Crippen LogP contribution is 2.37. The van der Waals surface area contributed by atoms with Crippen LogP contribution in [0.4, 0.5) is 0 Å². The van der Waals surface area contributed by atoms with E-state index in [2.05, 4.69) is 61.0 Å². The summed E-state index contributed by atoms with van der Waals surface area (Å²) < 4.78 is 0.869. The Bertz CT molecular complexity index is 597. The number of hydrogen-bond donors (Lipinski definition) is 0. The summed E-state index contributed by atoms with van der Waals surface area (Å²) in [5.74, 6) is 0. The van der Waals surface area contributed by atoms with E-state index in [1.54, 1.807) is 0 Å². The van der Waals surface area contributed by atoms with E-state index in [0.29, 0.717) is 5.02 Å². The van der Waals surface area contributed by atoms with Crippen LogP contribution in [-0.4, -0.2) is 0 Å². The van der Waals surface area contributed by atoms with Gasteiger partial charge < -0.3 is 0 Å². The minimum absolute atomic E-state index is 0.147. The van der Waals surface area contributed by atoms with Crippen LogP contribution in [0.25, 0.3) is 0 Å². The fraction of sp³-hybridized carbons (Fsp3) is 0.294. The standard InChI is InChI=1S/C17H17BrCl2/c1-17(2,3)12-9-7-11(8-10-12)15(19)13-5-4-6-14(18)16(13)20/h4-10,15H,1-3H3. The van der Waals surface area contributed by atoms with Crippen molar-refractivity contribution in [1.29, 1.82) is 0 Å². The van der Waals surface area contributed by atoms with Crippen LogP contribution in [0, 0.1) is 0 Å². The molecule has 0 nitrogen and oxygen atoms in total. The maximum Gasteiger partial charge on any atom is 0.0850 e. The summed E-state index contributed by atoms with van der Waals surface area (Å²) in [5.41, 5.74) is 3.42. The van der Waals surface area contributed by atoms with E-state index in [4.69, 9.17) is 23.2 Å². The molecule has 0 saturated carbocycles. The predicted molar refractivity (Wildman–Crippen MR) is 92.0 cm³/mol. The zero-order valence-electron chi connectivity index (χ0n) is 11.8. The SMILES string of the molecule is CC(C)(C)c1ccc(C(Cl)c2cccc(Br)c2Cl)cc1. The Morgan fingerprint density at radius 3 is 2.15 bits per heavy atom. The van der Waals surface area contributed by atoms with E-state index >= 15 is 0 Å². The molecule has 2 aromatic rings. The molecule has 0 amide bonds. The van der Waals surface area contributed by atoms with Crippen molar-refractivity contribution in [2.45, 2.75) is 31.6 Å². The summed E-state index contributed by atoms with van der Waals surface area (Å²) in [4.78, 5) is 0. The van der Waals surface area contributed by atoms with E-state index < -0.39 is 0 Å². The van der Waals surface area contributed by atoms with Crippen molar-refractivity contribution in [1.82, 2.24) is 0 Å². The van der Waals surface area contributed by atoms with Crippen LogP contribution >= 0.6 is 39.1 Å². The largest absolute Gasteiger partial charge is 0.113 e. The van der Waals surface area contributed by atoms with Gasteiger partial charge in [-0.25, -0.2) is 0 Å².